The van der Waals surface area contributed by atoms with E-state index in [1.807, 2.05) is 34.1 Å². The summed E-state index contributed by atoms with van der Waals surface area (Å²) in [6, 6.07) is 7.72. The van der Waals surface area contributed by atoms with Gasteiger partial charge < -0.3 is 15.1 Å². The van der Waals surface area contributed by atoms with Gasteiger partial charge in [0.15, 0.2) is 0 Å². The van der Waals surface area contributed by atoms with E-state index >= 15 is 0 Å². The monoisotopic (exact) mass is 369 g/mol. The molecule has 3 aliphatic rings. The average Bonchev–Trinajstić information content (AvgIpc) is 3.45. The number of likely N-dealkylation sites (tertiary alicyclic amines) is 2. The summed E-state index contributed by atoms with van der Waals surface area (Å²) in [5.41, 5.74) is 1.78. The van der Waals surface area contributed by atoms with Crippen molar-refractivity contribution in [3.05, 3.63) is 29.8 Å². The third-order valence-electron chi connectivity index (χ3n) is 5.77. The first-order chi connectivity index (χ1) is 13.1. The molecule has 1 unspecified atom stereocenters. The van der Waals surface area contributed by atoms with E-state index < -0.39 is 0 Å². The predicted molar refractivity (Wildman–Crippen MR) is 102 cm³/mol. The highest BCUT2D eigenvalue weighted by Crippen LogP contribution is 2.32. The summed E-state index contributed by atoms with van der Waals surface area (Å²) in [7, 11) is 0. The molecule has 1 saturated carbocycles. The average molecular weight is 369 g/mol. The number of rotatable bonds is 5. The Morgan fingerprint density at radius 1 is 1.07 bits per heavy atom. The number of piperidine rings is 1. The number of benzene rings is 1. The minimum Gasteiger partial charge on any atom is -0.342 e. The number of anilines is 1. The van der Waals surface area contributed by atoms with Gasteiger partial charge in [0.05, 0.1) is 5.92 Å². The van der Waals surface area contributed by atoms with Gasteiger partial charge in [0.25, 0.3) is 0 Å². The number of nitrogens with one attached hydrogen (secondary N) is 1. The molecule has 2 aliphatic heterocycles. The molecule has 1 aromatic rings. The van der Waals surface area contributed by atoms with Gasteiger partial charge in [0.2, 0.25) is 17.7 Å². The smallest absolute Gasteiger partial charge is 0.229 e. The molecule has 0 bridgehead atoms. The van der Waals surface area contributed by atoms with Crippen molar-refractivity contribution in [1.29, 1.82) is 0 Å². The zero-order valence-electron chi connectivity index (χ0n) is 15.7. The van der Waals surface area contributed by atoms with Crippen LogP contribution in [0.5, 0.6) is 0 Å². The van der Waals surface area contributed by atoms with Crippen molar-refractivity contribution in [2.24, 2.45) is 11.8 Å². The minimum absolute atomic E-state index is 0.0160. The molecule has 27 heavy (non-hydrogen) atoms. The molecule has 3 fully saturated rings. The number of carbonyl (C=O) groups is 3. The molecule has 1 N–H and O–H groups in total. The second kappa shape index (κ2) is 7.71. The van der Waals surface area contributed by atoms with Gasteiger partial charge in [-0.15, -0.1) is 0 Å². The van der Waals surface area contributed by atoms with Crippen molar-refractivity contribution in [3.8, 4) is 0 Å². The Labute approximate surface area is 159 Å². The van der Waals surface area contributed by atoms with Crippen LogP contribution >= 0.6 is 0 Å². The summed E-state index contributed by atoms with van der Waals surface area (Å²) in [4.78, 5) is 40.6. The zero-order chi connectivity index (χ0) is 18.8. The molecule has 0 spiro atoms. The van der Waals surface area contributed by atoms with Gasteiger partial charge in [-0.3, -0.25) is 14.4 Å². The largest absolute Gasteiger partial charge is 0.342 e. The first-order valence-corrected chi connectivity index (χ1v) is 10.1. The van der Waals surface area contributed by atoms with E-state index in [9.17, 15) is 14.4 Å². The lowest BCUT2D eigenvalue weighted by atomic mass is 9.96. The Bertz CT molecular complexity index is 744. The summed E-state index contributed by atoms with van der Waals surface area (Å²) >= 11 is 0. The van der Waals surface area contributed by atoms with Crippen LogP contribution in [-0.2, 0) is 20.9 Å². The summed E-state index contributed by atoms with van der Waals surface area (Å²) in [6.07, 6.45) is 5.26. The second-order valence-electron chi connectivity index (χ2n) is 8.01. The summed E-state index contributed by atoms with van der Waals surface area (Å²) in [6.45, 7) is 2.71. The first-order valence-electron chi connectivity index (χ1n) is 10.1. The van der Waals surface area contributed by atoms with E-state index in [-0.39, 0.29) is 29.6 Å². The summed E-state index contributed by atoms with van der Waals surface area (Å²) in [5.74, 6) is 0.469. The number of nitrogens with zero attached hydrogens (tertiary/aromatic N) is 2. The molecule has 2 heterocycles. The van der Waals surface area contributed by atoms with Gasteiger partial charge in [-0.1, -0.05) is 12.1 Å². The van der Waals surface area contributed by atoms with E-state index in [2.05, 4.69) is 5.32 Å². The molecule has 2 saturated heterocycles. The number of amides is 3. The van der Waals surface area contributed by atoms with Gasteiger partial charge in [-0.2, -0.15) is 0 Å². The molecule has 6 nitrogen and oxygen atoms in total. The lowest BCUT2D eigenvalue weighted by Crippen LogP contribution is -2.44. The lowest BCUT2D eigenvalue weighted by Gasteiger charge is -2.32. The summed E-state index contributed by atoms with van der Waals surface area (Å²) in [5, 5.41) is 3.01. The quantitative estimate of drug-likeness (QED) is 0.866. The van der Waals surface area contributed by atoms with Crippen LogP contribution in [0.4, 0.5) is 5.69 Å². The fraction of sp³-hybridized carbons (Fsp3) is 0.571. The van der Waals surface area contributed by atoms with Crippen LogP contribution in [0.3, 0.4) is 0 Å². The summed E-state index contributed by atoms with van der Waals surface area (Å²) < 4.78 is 0. The van der Waals surface area contributed by atoms with Gasteiger partial charge in [0.1, 0.15) is 0 Å². The Balaban J connectivity index is 1.35. The van der Waals surface area contributed by atoms with Crippen molar-refractivity contribution in [2.75, 3.05) is 25.0 Å². The maximum Gasteiger partial charge on any atom is 0.229 e. The van der Waals surface area contributed by atoms with Crippen molar-refractivity contribution >= 4 is 23.4 Å². The fourth-order valence-electron chi connectivity index (χ4n) is 4.06. The maximum absolute atomic E-state index is 12.7. The molecule has 6 heteroatoms. The van der Waals surface area contributed by atoms with Crippen LogP contribution in [0.2, 0.25) is 0 Å². The standard InChI is InChI=1S/C21H27N3O3/c25-19-7-3-10-23(19)13-15-4-1-6-18(12-15)22-20(26)17-5-2-11-24(14-17)21(27)16-8-9-16/h1,4,6,12,16-17H,2-3,5,7-11,13-14H2,(H,22,26). The number of hydrogen-bond donors (Lipinski definition) is 1. The minimum atomic E-state index is -0.148. The maximum atomic E-state index is 12.7. The van der Waals surface area contributed by atoms with Gasteiger partial charge >= 0.3 is 0 Å². The van der Waals surface area contributed by atoms with E-state index in [1.165, 1.54) is 0 Å². The Morgan fingerprint density at radius 3 is 2.67 bits per heavy atom. The Hall–Kier alpha value is -2.37. The molecular formula is C21H27N3O3. The van der Waals surface area contributed by atoms with Crippen molar-refractivity contribution < 1.29 is 14.4 Å². The third-order valence-corrected chi connectivity index (χ3v) is 5.77. The van der Waals surface area contributed by atoms with Gasteiger partial charge in [-0.05, 0) is 49.8 Å². The van der Waals surface area contributed by atoms with Gasteiger partial charge in [-0.25, -0.2) is 0 Å². The van der Waals surface area contributed by atoms with E-state index in [0.717, 1.165) is 56.4 Å². The first kappa shape index (κ1) is 18.0. The Kier molecular flexibility index (Phi) is 5.14. The van der Waals surface area contributed by atoms with Crippen LogP contribution in [0.25, 0.3) is 0 Å². The van der Waals surface area contributed by atoms with E-state index in [0.29, 0.717) is 19.5 Å². The van der Waals surface area contributed by atoms with Crippen molar-refractivity contribution in [3.63, 3.8) is 0 Å². The lowest BCUT2D eigenvalue weighted by molar-refractivity contribution is -0.135. The Morgan fingerprint density at radius 2 is 1.93 bits per heavy atom. The van der Waals surface area contributed by atoms with Crippen molar-refractivity contribution in [2.45, 2.75) is 45.1 Å². The molecule has 1 atom stereocenters. The van der Waals surface area contributed by atoms with E-state index in [4.69, 9.17) is 0 Å². The van der Waals surface area contributed by atoms with Crippen LogP contribution in [0, 0.1) is 11.8 Å². The number of carbonyl (C=O) groups excluding carboxylic acids is 3. The van der Waals surface area contributed by atoms with Crippen LogP contribution < -0.4 is 5.32 Å². The van der Waals surface area contributed by atoms with Crippen LogP contribution in [0.1, 0.15) is 44.1 Å². The SMILES string of the molecule is O=C(Nc1cccc(CN2CCCC2=O)c1)C1CCCN(C(=O)C2CC2)C1. The van der Waals surface area contributed by atoms with Crippen LogP contribution in [0.15, 0.2) is 24.3 Å². The highest BCUT2D eigenvalue weighted by atomic mass is 16.2. The molecule has 1 aliphatic carbocycles. The predicted octanol–water partition coefficient (Wildman–Crippen LogP) is 2.40. The highest BCUT2D eigenvalue weighted by molar-refractivity contribution is 5.93. The highest BCUT2D eigenvalue weighted by Gasteiger charge is 2.36. The van der Waals surface area contributed by atoms with Crippen LogP contribution in [-0.4, -0.2) is 47.2 Å². The molecule has 1 aromatic carbocycles. The molecular weight excluding hydrogens is 342 g/mol. The molecule has 3 amide bonds. The second-order valence-corrected chi connectivity index (χ2v) is 8.01. The molecule has 0 aromatic heterocycles. The van der Waals surface area contributed by atoms with Gasteiger partial charge in [0, 0.05) is 44.2 Å². The molecule has 4 rings (SSSR count). The van der Waals surface area contributed by atoms with Crippen molar-refractivity contribution in [1.82, 2.24) is 9.80 Å². The molecule has 0 radical (unpaired) electrons. The zero-order valence-corrected chi connectivity index (χ0v) is 15.7. The third kappa shape index (κ3) is 4.31. The number of hydrogen-bond acceptors (Lipinski definition) is 3. The fourth-order valence-corrected chi connectivity index (χ4v) is 4.06. The topological polar surface area (TPSA) is 69.7 Å². The molecule has 144 valence electrons. The van der Waals surface area contributed by atoms with E-state index in [1.54, 1.807) is 0 Å². The normalized spacial score (nSPS) is 22.8.